The average molecular weight is 255 g/mol. The van der Waals surface area contributed by atoms with Crippen LogP contribution in [0.5, 0.6) is 5.75 Å². The third kappa shape index (κ3) is 1.79. The molecule has 1 aliphatic heterocycles. The second kappa shape index (κ2) is 4.47. The van der Waals surface area contributed by atoms with Gasteiger partial charge in [-0.05, 0) is 17.5 Å². The van der Waals surface area contributed by atoms with Gasteiger partial charge in [0.15, 0.2) is 0 Å². The second-order valence-corrected chi connectivity index (χ2v) is 5.58. The van der Waals surface area contributed by atoms with Crippen molar-refractivity contribution in [2.24, 2.45) is 0 Å². The van der Waals surface area contributed by atoms with Crippen LogP contribution in [-0.4, -0.2) is 6.61 Å². The van der Waals surface area contributed by atoms with E-state index in [9.17, 15) is 5.26 Å². The molecule has 1 aliphatic rings. The highest BCUT2D eigenvalue weighted by Crippen LogP contribution is 2.41. The maximum absolute atomic E-state index is 9.69. The summed E-state index contributed by atoms with van der Waals surface area (Å²) >= 11 is 1.71. The third-order valence-electron chi connectivity index (χ3n) is 3.46. The van der Waals surface area contributed by atoms with Crippen LogP contribution in [-0.2, 0) is 11.8 Å². The predicted molar refractivity (Wildman–Crippen MR) is 71.9 cm³/mol. The topological polar surface area (TPSA) is 33.0 Å². The van der Waals surface area contributed by atoms with Gasteiger partial charge in [0.25, 0.3) is 0 Å². The Morgan fingerprint density at radius 2 is 2.17 bits per heavy atom. The van der Waals surface area contributed by atoms with Crippen molar-refractivity contribution in [3.63, 3.8) is 0 Å². The number of fused-ring (bicyclic) bond motifs is 1. The van der Waals surface area contributed by atoms with Gasteiger partial charge in [-0.15, -0.1) is 11.3 Å². The van der Waals surface area contributed by atoms with Gasteiger partial charge in [0.2, 0.25) is 0 Å². The lowest BCUT2D eigenvalue weighted by molar-refractivity contribution is 0.242. The molecule has 1 aromatic heterocycles. The summed E-state index contributed by atoms with van der Waals surface area (Å²) < 4.78 is 5.65. The standard InChI is InChI=1S/C15H13NOS/c16-11-15(10-12-4-3-9-18-12)7-8-17-14-6-2-1-5-13(14)15/h1-6,9H,7-8,10H2. The summed E-state index contributed by atoms with van der Waals surface area (Å²) in [7, 11) is 0. The van der Waals surface area contributed by atoms with Crippen LogP contribution in [0.2, 0.25) is 0 Å². The van der Waals surface area contributed by atoms with Crippen LogP contribution in [0, 0.1) is 11.3 Å². The van der Waals surface area contributed by atoms with Crippen molar-refractivity contribution >= 4 is 11.3 Å². The van der Waals surface area contributed by atoms with E-state index < -0.39 is 5.41 Å². The zero-order valence-corrected chi connectivity index (χ0v) is 10.7. The molecule has 0 spiro atoms. The number of hydrogen-bond donors (Lipinski definition) is 0. The van der Waals surface area contributed by atoms with Crippen LogP contribution < -0.4 is 4.74 Å². The first-order valence-corrected chi connectivity index (χ1v) is 6.88. The van der Waals surface area contributed by atoms with Crippen molar-refractivity contribution in [3.05, 3.63) is 52.2 Å². The van der Waals surface area contributed by atoms with Gasteiger partial charge in [-0.25, -0.2) is 0 Å². The Morgan fingerprint density at radius 1 is 1.28 bits per heavy atom. The Hall–Kier alpha value is -1.79. The molecule has 2 nitrogen and oxygen atoms in total. The molecular formula is C15H13NOS. The highest BCUT2D eigenvalue weighted by molar-refractivity contribution is 7.09. The highest BCUT2D eigenvalue weighted by atomic mass is 32.1. The molecule has 0 N–H and O–H groups in total. The summed E-state index contributed by atoms with van der Waals surface area (Å²) in [5.41, 5.74) is 0.604. The van der Waals surface area contributed by atoms with Crippen molar-refractivity contribution in [2.45, 2.75) is 18.3 Å². The van der Waals surface area contributed by atoms with Crippen LogP contribution in [0.15, 0.2) is 41.8 Å². The molecule has 0 fully saturated rings. The van der Waals surface area contributed by atoms with E-state index in [-0.39, 0.29) is 0 Å². The normalized spacial score (nSPS) is 21.7. The zero-order chi connectivity index (χ0) is 12.4. The van der Waals surface area contributed by atoms with Gasteiger partial charge in [-0.1, -0.05) is 24.3 Å². The van der Waals surface area contributed by atoms with Crippen molar-refractivity contribution in [1.82, 2.24) is 0 Å². The van der Waals surface area contributed by atoms with Gasteiger partial charge in [-0.2, -0.15) is 5.26 Å². The van der Waals surface area contributed by atoms with E-state index in [2.05, 4.69) is 17.5 Å². The largest absolute Gasteiger partial charge is 0.493 e. The molecular weight excluding hydrogens is 242 g/mol. The Morgan fingerprint density at radius 3 is 2.94 bits per heavy atom. The van der Waals surface area contributed by atoms with Gasteiger partial charge in [0.05, 0.1) is 18.1 Å². The van der Waals surface area contributed by atoms with Crippen LogP contribution in [0.4, 0.5) is 0 Å². The van der Waals surface area contributed by atoms with E-state index in [0.29, 0.717) is 6.61 Å². The van der Waals surface area contributed by atoms with E-state index in [0.717, 1.165) is 24.2 Å². The minimum Gasteiger partial charge on any atom is -0.493 e. The number of thiophene rings is 1. The smallest absolute Gasteiger partial charge is 0.124 e. The molecule has 0 aliphatic carbocycles. The van der Waals surface area contributed by atoms with E-state index in [1.165, 1.54) is 4.88 Å². The molecule has 1 atom stereocenters. The molecule has 1 unspecified atom stereocenters. The van der Waals surface area contributed by atoms with Crippen LogP contribution >= 0.6 is 11.3 Å². The summed E-state index contributed by atoms with van der Waals surface area (Å²) in [4.78, 5) is 1.26. The average Bonchev–Trinajstić information content (AvgIpc) is 2.92. The molecule has 1 aromatic carbocycles. The number of hydrogen-bond acceptors (Lipinski definition) is 3. The Bertz CT molecular complexity index is 585. The maximum atomic E-state index is 9.69. The van der Waals surface area contributed by atoms with Gasteiger partial charge in [0.1, 0.15) is 5.75 Å². The molecule has 90 valence electrons. The first kappa shape index (κ1) is 11.3. The van der Waals surface area contributed by atoms with E-state index in [1.54, 1.807) is 11.3 Å². The molecule has 0 saturated carbocycles. The summed E-state index contributed by atoms with van der Waals surface area (Å²) in [6, 6.07) is 14.6. The summed E-state index contributed by atoms with van der Waals surface area (Å²) in [5, 5.41) is 11.7. The Balaban J connectivity index is 2.05. The fourth-order valence-corrected chi connectivity index (χ4v) is 3.33. The number of benzene rings is 1. The highest BCUT2D eigenvalue weighted by Gasteiger charge is 2.38. The second-order valence-electron chi connectivity index (χ2n) is 4.54. The van der Waals surface area contributed by atoms with Gasteiger partial charge >= 0.3 is 0 Å². The summed E-state index contributed by atoms with van der Waals surface area (Å²) in [6.45, 7) is 0.621. The first-order chi connectivity index (χ1) is 8.84. The van der Waals surface area contributed by atoms with E-state index in [1.807, 2.05) is 30.3 Å². The SMILES string of the molecule is N#CC1(Cc2cccs2)CCOc2ccccc21. The molecule has 2 aromatic rings. The lowest BCUT2D eigenvalue weighted by atomic mass is 9.74. The van der Waals surface area contributed by atoms with Crippen molar-refractivity contribution in [2.75, 3.05) is 6.61 Å². The lowest BCUT2D eigenvalue weighted by Gasteiger charge is -2.32. The quantitative estimate of drug-likeness (QED) is 0.822. The predicted octanol–water partition coefficient (Wildman–Crippen LogP) is 3.53. The monoisotopic (exact) mass is 255 g/mol. The fourth-order valence-electron chi connectivity index (χ4n) is 2.51. The Kier molecular flexibility index (Phi) is 2.81. The summed E-state index contributed by atoms with van der Waals surface area (Å²) in [5.74, 6) is 0.863. The van der Waals surface area contributed by atoms with Gasteiger partial charge < -0.3 is 4.74 Å². The number of nitrogens with zero attached hydrogens (tertiary/aromatic N) is 1. The fraction of sp³-hybridized carbons (Fsp3) is 0.267. The molecule has 0 bridgehead atoms. The number of rotatable bonds is 2. The van der Waals surface area contributed by atoms with Gasteiger partial charge in [0, 0.05) is 23.3 Å². The minimum absolute atomic E-state index is 0.431. The molecule has 0 amide bonds. The maximum Gasteiger partial charge on any atom is 0.124 e. The molecule has 3 rings (SSSR count). The lowest BCUT2D eigenvalue weighted by Crippen LogP contribution is -2.33. The van der Waals surface area contributed by atoms with E-state index >= 15 is 0 Å². The first-order valence-electron chi connectivity index (χ1n) is 6.00. The number of para-hydroxylation sites is 1. The number of ether oxygens (including phenoxy) is 1. The van der Waals surface area contributed by atoms with Crippen molar-refractivity contribution in [3.8, 4) is 11.8 Å². The van der Waals surface area contributed by atoms with Crippen molar-refractivity contribution < 1.29 is 4.74 Å². The van der Waals surface area contributed by atoms with E-state index in [4.69, 9.17) is 4.74 Å². The van der Waals surface area contributed by atoms with Crippen LogP contribution in [0.3, 0.4) is 0 Å². The molecule has 18 heavy (non-hydrogen) atoms. The molecule has 0 radical (unpaired) electrons. The molecule has 3 heteroatoms. The van der Waals surface area contributed by atoms with Crippen LogP contribution in [0.25, 0.3) is 0 Å². The van der Waals surface area contributed by atoms with Crippen molar-refractivity contribution in [1.29, 1.82) is 5.26 Å². The number of nitriles is 1. The van der Waals surface area contributed by atoms with Crippen LogP contribution in [0.1, 0.15) is 16.9 Å². The minimum atomic E-state index is -0.431. The Labute approximate surface area is 110 Å². The zero-order valence-electron chi connectivity index (χ0n) is 9.93. The molecule has 2 heterocycles. The van der Waals surface area contributed by atoms with Gasteiger partial charge in [-0.3, -0.25) is 0 Å². The molecule has 0 saturated heterocycles. The third-order valence-corrected chi connectivity index (χ3v) is 4.34. The summed E-state index contributed by atoms with van der Waals surface area (Å²) in [6.07, 6.45) is 1.54.